The van der Waals surface area contributed by atoms with Crippen LogP contribution in [0.2, 0.25) is 0 Å². The first-order valence-corrected chi connectivity index (χ1v) is 6.48. The third kappa shape index (κ3) is 2.93. The predicted molar refractivity (Wildman–Crippen MR) is 80.2 cm³/mol. The first-order valence-electron chi connectivity index (χ1n) is 6.48. The smallest absolute Gasteiger partial charge is 0.115 e. The second-order valence-corrected chi connectivity index (χ2v) is 4.42. The zero-order valence-corrected chi connectivity index (χ0v) is 11.5. The number of nitrogens with zero attached hydrogens (tertiary/aromatic N) is 4. The molecule has 0 unspecified atom stereocenters. The summed E-state index contributed by atoms with van der Waals surface area (Å²) in [6.07, 6.45) is 8.38. The van der Waals surface area contributed by atoms with E-state index >= 15 is 0 Å². The average molecular weight is 272 g/mol. The van der Waals surface area contributed by atoms with Gasteiger partial charge in [0, 0.05) is 30.4 Å². The van der Waals surface area contributed by atoms with Gasteiger partial charge in [-0.1, -0.05) is 17.9 Å². The molecule has 3 rings (SSSR count). The summed E-state index contributed by atoms with van der Waals surface area (Å²) in [7, 11) is 0. The van der Waals surface area contributed by atoms with Crippen LogP contribution in [0.1, 0.15) is 16.7 Å². The minimum Gasteiger partial charge on any atom is -0.255 e. The SMILES string of the molecule is Cc1c(C#Cc2cncnc2)ccnc1-c1ccccn1. The van der Waals surface area contributed by atoms with Crippen LogP contribution in [0.15, 0.2) is 55.4 Å². The van der Waals surface area contributed by atoms with Gasteiger partial charge < -0.3 is 0 Å². The van der Waals surface area contributed by atoms with E-state index in [0.29, 0.717) is 0 Å². The van der Waals surface area contributed by atoms with Gasteiger partial charge in [-0.15, -0.1) is 0 Å². The van der Waals surface area contributed by atoms with E-state index in [2.05, 4.69) is 31.8 Å². The first kappa shape index (κ1) is 12.9. The van der Waals surface area contributed by atoms with E-state index in [1.54, 1.807) is 24.8 Å². The van der Waals surface area contributed by atoms with E-state index in [-0.39, 0.29) is 0 Å². The van der Waals surface area contributed by atoms with Gasteiger partial charge in [0.25, 0.3) is 0 Å². The lowest BCUT2D eigenvalue weighted by molar-refractivity contribution is 1.16. The zero-order valence-electron chi connectivity index (χ0n) is 11.5. The largest absolute Gasteiger partial charge is 0.255 e. The molecule has 0 amide bonds. The van der Waals surface area contributed by atoms with Crippen LogP contribution in [0.3, 0.4) is 0 Å². The number of rotatable bonds is 1. The number of pyridine rings is 2. The fraction of sp³-hybridized carbons (Fsp3) is 0.0588. The summed E-state index contributed by atoms with van der Waals surface area (Å²) in [5.74, 6) is 6.20. The predicted octanol–water partition coefficient (Wildman–Crippen LogP) is 2.64. The van der Waals surface area contributed by atoms with Crippen LogP contribution in [-0.2, 0) is 0 Å². The van der Waals surface area contributed by atoms with Gasteiger partial charge in [0.2, 0.25) is 0 Å². The van der Waals surface area contributed by atoms with Crippen LogP contribution in [0.4, 0.5) is 0 Å². The van der Waals surface area contributed by atoms with Crippen molar-refractivity contribution < 1.29 is 0 Å². The maximum Gasteiger partial charge on any atom is 0.115 e. The lowest BCUT2D eigenvalue weighted by atomic mass is 10.1. The van der Waals surface area contributed by atoms with Crippen molar-refractivity contribution in [3.05, 3.63) is 72.1 Å². The van der Waals surface area contributed by atoms with E-state index in [1.165, 1.54) is 6.33 Å². The van der Waals surface area contributed by atoms with Gasteiger partial charge in [0.05, 0.1) is 17.0 Å². The molecule has 4 nitrogen and oxygen atoms in total. The molecule has 0 fully saturated rings. The summed E-state index contributed by atoms with van der Waals surface area (Å²) in [6.45, 7) is 2.00. The zero-order chi connectivity index (χ0) is 14.5. The molecule has 0 bridgehead atoms. The maximum absolute atomic E-state index is 4.41. The Balaban J connectivity index is 2.01. The van der Waals surface area contributed by atoms with Gasteiger partial charge >= 0.3 is 0 Å². The van der Waals surface area contributed by atoms with Gasteiger partial charge in [0.15, 0.2) is 0 Å². The van der Waals surface area contributed by atoms with Crippen molar-refractivity contribution in [2.45, 2.75) is 6.92 Å². The highest BCUT2D eigenvalue weighted by molar-refractivity contribution is 5.62. The Bertz CT molecular complexity index is 802. The van der Waals surface area contributed by atoms with Gasteiger partial charge in [-0.05, 0) is 30.7 Å². The third-order valence-electron chi connectivity index (χ3n) is 3.01. The average Bonchev–Trinajstić information content (AvgIpc) is 2.56. The highest BCUT2D eigenvalue weighted by Crippen LogP contribution is 2.20. The second-order valence-electron chi connectivity index (χ2n) is 4.42. The molecule has 100 valence electrons. The van der Waals surface area contributed by atoms with E-state index in [0.717, 1.165) is 28.1 Å². The van der Waals surface area contributed by atoms with Gasteiger partial charge in [0.1, 0.15) is 6.33 Å². The normalized spacial score (nSPS) is 9.76. The molecule has 0 atom stereocenters. The van der Waals surface area contributed by atoms with E-state index in [4.69, 9.17) is 0 Å². The molecule has 0 radical (unpaired) electrons. The minimum absolute atomic E-state index is 0.785. The summed E-state index contributed by atoms with van der Waals surface area (Å²) >= 11 is 0. The highest BCUT2D eigenvalue weighted by atomic mass is 14.8. The molecule has 0 saturated carbocycles. The molecule has 3 aromatic rings. The Hall–Kier alpha value is -3.06. The lowest BCUT2D eigenvalue weighted by Gasteiger charge is -2.05. The maximum atomic E-state index is 4.41. The fourth-order valence-electron chi connectivity index (χ4n) is 1.94. The summed E-state index contributed by atoms with van der Waals surface area (Å²) in [4.78, 5) is 16.6. The van der Waals surface area contributed by atoms with Crippen LogP contribution in [0.5, 0.6) is 0 Å². The molecule has 0 aliphatic heterocycles. The Labute approximate surface area is 123 Å². The third-order valence-corrected chi connectivity index (χ3v) is 3.01. The van der Waals surface area contributed by atoms with E-state index < -0.39 is 0 Å². The molecular formula is C17H12N4. The van der Waals surface area contributed by atoms with Crippen molar-refractivity contribution in [3.8, 4) is 23.2 Å². The van der Waals surface area contributed by atoms with Gasteiger partial charge in [-0.2, -0.15) is 0 Å². The second kappa shape index (κ2) is 5.93. The summed E-state index contributed by atoms with van der Waals surface area (Å²) in [5.41, 5.74) is 4.43. The van der Waals surface area contributed by atoms with Crippen LogP contribution >= 0.6 is 0 Å². The molecule has 3 heterocycles. The Morgan fingerprint density at radius 2 is 1.76 bits per heavy atom. The van der Waals surface area contributed by atoms with Crippen molar-refractivity contribution >= 4 is 0 Å². The van der Waals surface area contributed by atoms with Crippen molar-refractivity contribution in [2.75, 3.05) is 0 Å². The van der Waals surface area contributed by atoms with Crippen molar-refractivity contribution in [3.63, 3.8) is 0 Å². The highest BCUT2D eigenvalue weighted by Gasteiger charge is 2.06. The van der Waals surface area contributed by atoms with Crippen molar-refractivity contribution in [1.29, 1.82) is 0 Å². The molecule has 0 N–H and O–H groups in total. The van der Waals surface area contributed by atoms with Crippen LogP contribution in [0.25, 0.3) is 11.4 Å². The quantitative estimate of drug-likeness (QED) is 0.639. The number of hydrogen-bond acceptors (Lipinski definition) is 4. The van der Waals surface area contributed by atoms with Crippen molar-refractivity contribution in [2.24, 2.45) is 0 Å². The van der Waals surface area contributed by atoms with E-state index in [9.17, 15) is 0 Å². The van der Waals surface area contributed by atoms with Gasteiger partial charge in [-0.25, -0.2) is 9.97 Å². The number of hydrogen-bond donors (Lipinski definition) is 0. The summed E-state index contributed by atoms with van der Waals surface area (Å²) in [5, 5.41) is 0. The first-order chi connectivity index (χ1) is 10.3. The van der Waals surface area contributed by atoms with Crippen LogP contribution in [0, 0.1) is 18.8 Å². The number of aromatic nitrogens is 4. The monoisotopic (exact) mass is 272 g/mol. The Kier molecular flexibility index (Phi) is 3.66. The van der Waals surface area contributed by atoms with Crippen LogP contribution < -0.4 is 0 Å². The lowest BCUT2D eigenvalue weighted by Crippen LogP contribution is -1.93. The molecule has 4 heteroatoms. The van der Waals surface area contributed by atoms with Crippen molar-refractivity contribution in [1.82, 2.24) is 19.9 Å². The molecule has 0 saturated heterocycles. The molecule has 3 aromatic heterocycles. The molecule has 0 aliphatic rings. The van der Waals surface area contributed by atoms with E-state index in [1.807, 2.05) is 31.2 Å². The summed E-state index contributed by atoms with van der Waals surface area (Å²) in [6, 6.07) is 7.68. The summed E-state index contributed by atoms with van der Waals surface area (Å²) < 4.78 is 0. The Morgan fingerprint density at radius 3 is 2.52 bits per heavy atom. The minimum atomic E-state index is 0.785. The van der Waals surface area contributed by atoms with Gasteiger partial charge in [-0.3, -0.25) is 9.97 Å². The molecule has 0 spiro atoms. The molecular weight excluding hydrogens is 260 g/mol. The molecule has 0 aliphatic carbocycles. The Morgan fingerprint density at radius 1 is 0.905 bits per heavy atom. The molecule has 0 aromatic carbocycles. The topological polar surface area (TPSA) is 51.6 Å². The standard InChI is InChI=1S/C17H12N4/c1-13-15(6-5-14-10-18-12-19-11-14)7-9-21-17(13)16-4-2-3-8-20-16/h2-4,7-12H,1H3. The molecule has 21 heavy (non-hydrogen) atoms. The van der Waals surface area contributed by atoms with Crippen LogP contribution in [-0.4, -0.2) is 19.9 Å². The fourth-order valence-corrected chi connectivity index (χ4v) is 1.94.